The minimum Gasteiger partial charge on any atom is -0.361 e. The molecular weight excluding hydrogens is 408 g/mol. The number of aromatic nitrogens is 2. The summed E-state index contributed by atoms with van der Waals surface area (Å²) in [6.07, 6.45) is 2.78. The molecule has 8 heteroatoms. The second-order valence-corrected chi connectivity index (χ2v) is 8.52. The number of carbonyl (C=O) groups is 2. The van der Waals surface area contributed by atoms with Crippen LogP contribution in [0.4, 0.5) is 5.13 Å². The molecule has 2 amide bonds. The highest BCUT2D eigenvalue weighted by atomic mass is 35.5. The van der Waals surface area contributed by atoms with Gasteiger partial charge in [-0.2, -0.15) is 0 Å². The van der Waals surface area contributed by atoms with E-state index in [0.717, 1.165) is 26.7 Å². The van der Waals surface area contributed by atoms with Gasteiger partial charge in [-0.3, -0.25) is 9.59 Å². The van der Waals surface area contributed by atoms with Gasteiger partial charge in [-0.05, 0) is 36.2 Å². The SMILES string of the molecule is O=C(Nc1nc2ccc(Cl)cc2s1)C1CCC(=O)N1Cc1c[nH]c2ccccc12. The van der Waals surface area contributed by atoms with Crippen molar-refractivity contribution < 1.29 is 9.59 Å². The van der Waals surface area contributed by atoms with Crippen molar-refractivity contribution in [2.75, 3.05) is 5.32 Å². The van der Waals surface area contributed by atoms with E-state index in [0.29, 0.717) is 29.5 Å². The molecule has 1 aliphatic heterocycles. The fourth-order valence-corrected chi connectivity index (χ4v) is 4.94. The number of hydrogen-bond donors (Lipinski definition) is 2. The molecule has 1 unspecified atom stereocenters. The maximum absolute atomic E-state index is 12.9. The third-order valence-electron chi connectivity index (χ3n) is 5.23. The van der Waals surface area contributed by atoms with Crippen LogP contribution in [0.3, 0.4) is 0 Å². The minimum atomic E-state index is -0.508. The molecule has 146 valence electrons. The second kappa shape index (κ2) is 7.17. The van der Waals surface area contributed by atoms with E-state index >= 15 is 0 Å². The maximum Gasteiger partial charge on any atom is 0.248 e. The fraction of sp³-hybridized carbons (Fsp3) is 0.190. The number of thiazole rings is 1. The molecule has 0 aliphatic carbocycles. The number of likely N-dealkylation sites (tertiary alicyclic amines) is 1. The summed E-state index contributed by atoms with van der Waals surface area (Å²) in [4.78, 5) is 34.8. The van der Waals surface area contributed by atoms with Gasteiger partial charge in [-0.25, -0.2) is 4.98 Å². The Bertz CT molecular complexity index is 1250. The number of para-hydroxylation sites is 1. The number of H-pyrrole nitrogens is 1. The smallest absolute Gasteiger partial charge is 0.248 e. The lowest BCUT2D eigenvalue weighted by atomic mass is 10.1. The van der Waals surface area contributed by atoms with E-state index in [4.69, 9.17) is 11.6 Å². The largest absolute Gasteiger partial charge is 0.361 e. The molecular formula is C21H17ClN4O2S. The summed E-state index contributed by atoms with van der Waals surface area (Å²) < 4.78 is 0.908. The third kappa shape index (κ3) is 3.36. The summed E-state index contributed by atoms with van der Waals surface area (Å²) in [6, 6.07) is 12.9. The molecule has 29 heavy (non-hydrogen) atoms. The van der Waals surface area contributed by atoms with Crippen molar-refractivity contribution in [2.24, 2.45) is 0 Å². The highest BCUT2D eigenvalue weighted by molar-refractivity contribution is 7.22. The van der Waals surface area contributed by atoms with Gasteiger partial charge < -0.3 is 15.2 Å². The number of nitrogens with zero attached hydrogens (tertiary/aromatic N) is 2. The van der Waals surface area contributed by atoms with Crippen LogP contribution in [0.15, 0.2) is 48.7 Å². The van der Waals surface area contributed by atoms with Crippen LogP contribution in [0.1, 0.15) is 18.4 Å². The first-order chi connectivity index (χ1) is 14.1. The van der Waals surface area contributed by atoms with Gasteiger partial charge >= 0.3 is 0 Å². The molecule has 1 atom stereocenters. The zero-order valence-electron chi connectivity index (χ0n) is 15.3. The van der Waals surface area contributed by atoms with Gasteiger partial charge in [-0.15, -0.1) is 0 Å². The molecule has 1 fully saturated rings. The minimum absolute atomic E-state index is 0.00786. The molecule has 0 spiro atoms. The van der Waals surface area contributed by atoms with Crippen LogP contribution in [0.2, 0.25) is 5.02 Å². The Morgan fingerprint density at radius 1 is 1.31 bits per heavy atom. The summed E-state index contributed by atoms with van der Waals surface area (Å²) in [7, 11) is 0. The molecule has 0 radical (unpaired) electrons. The van der Waals surface area contributed by atoms with Crippen LogP contribution >= 0.6 is 22.9 Å². The van der Waals surface area contributed by atoms with Gasteiger partial charge in [0.2, 0.25) is 11.8 Å². The zero-order chi connectivity index (χ0) is 20.0. The molecule has 2 aromatic carbocycles. The van der Waals surface area contributed by atoms with Crippen molar-refractivity contribution in [3.63, 3.8) is 0 Å². The Morgan fingerprint density at radius 3 is 3.07 bits per heavy atom. The van der Waals surface area contributed by atoms with Gasteiger partial charge in [-0.1, -0.05) is 41.1 Å². The highest BCUT2D eigenvalue weighted by Gasteiger charge is 2.36. The summed E-state index contributed by atoms with van der Waals surface area (Å²) >= 11 is 7.40. The Labute approximate surface area is 175 Å². The van der Waals surface area contributed by atoms with Crippen LogP contribution in [-0.2, 0) is 16.1 Å². The molecule has 3 heterocycles. The molecule has 0 bridgehead atoms. The average molecular weight is 425 g/mol. The summed E-state index contributed by atoms with van der Waals surface area (Å²) in [5.74, 6) is -0.215. The Hall–Kier alpha value is -2.90. The second-order valence-electron chi connectivity index (χ2n) is 7.06. The number of aromatic amines is 1. The van der Waals surface area contributed by atoms with E-state index in [1.54, 1.807) is 11.0 Å². The van der Waals surface area contributed by atoms with Gasteiger partial charge in [0.1, 0.15) is 6.04 Å². The van der Waals surface area contributed by atoms with Crippen molar-refractivity contribution in [1.82, 2.24) is 14.9 Å². The maximum atomic E-state index is 12.9. The van der Waals surface area contributed by atoms with Crippen LogP contribution in [-0.4, -0.2) is 32.7 Å². The quantitative estimate of drug-likeness (QED) is 0.504. The number of anilines is 1. The number of nitrogens with one attached hydrogen (secondary N) is 2. The van der Waals surface area contributed by atoms with Gasteiger partial charge in [0.05, 0.1) is 10.2 Å². The Kier molecular flexibility index (Phi) is 4.49. The standard InChI is InChI=1S/C21H17ClN4O2S/c22-13-5-6-16-18(9-13)29-21(24-16)25-20(28)17-7-8-19(27)26(17)11-12-10-23-15-4-2-1-3-14(12)15/h1-6,9-10,17,23H,7-8,11H2,(H,24,25,28). The summed E-state index contributed by atoms with van der Waals surface area (Å²) in [5.41, 5.74) is 2.81. The lowest BCUT2D eigenvalue weighted by Crippen LogP contribution is -2.41. The molecule has 0 saturated carbocycles. The lowest BCUT2D eigenvalue weighted by molar-refractivity contribution is -0.133. The first-order valence-electron chi connectivity index (χ1n) is 9.30. The van der Waals surface area contributed by atoms with Crippen LogP contribution in [0.25, 0.3) is 21.1 Å². The Morgan fingerprint density at radius 2 is 2.17 bits per heavy atom. The van der Waals surface area contributed by atoms with Crippen LogP contribution < -0.4 is 5.32 Å². The summed E-state index contributed by atoms with van der Waals surface area (Å²) in [5, 5.41) is 5.09. The zero-order valence-corrected chi connectivity index (χ0v) is 16.9. The van der Waals surface area contributed by atoms with Gasteiger partial charge in [0.25, 0.3) is 0 Å². The predicted octanol–water partition coefficient (Wildman–Crippen LogP) is 4.56. The lowest BCUT2D eigenvalue weighted by Gasteiger charge is -2.23. The average Bonchev–Trinajstić information content (AvgIpc) is 3.39. The molecule has 5 rings (SSSR count). The van der Waals surface area contributed by atoms with Gasteiger partial charge in [0.15, 0.2) is 5.13 Å². The highest BCUT2D eigenvalue weighted by Crippen LogP contribution is 2.30. The monoisotopic (exact) mass is 424 g/mol. The molecule has 2 aromatic heterocycles. The van der Waals surface area contributed by atoms with Crippen molar-refractivity contribution in [1.29, 1.82) is 0 Å². The first kappa shape index (κ1) is 18.1. The van der Waals surface area contributed by atoms with E-state index in [2.05, 4.69) is 15.3 Å². The van der Waals surface area contributed by atoms with E-state index in [9.17, 15) is 9.59 Å². The van der Waals surface area contributed by atoms with Crippen molar-refractivity contribution in [3.8, 4) is 0 Å². The number of rotatable bonds is 4. The number of hydrogen-bond acceptors (Lipinski definition) is 4. The van der Waals surface area contributed by atoms with Gasteiger partial charge in [0, 0.05) is 35.1 Å². The molecule has 2 N–H and O–H groups in total. The number of carbonyl (C=O) groups excluding carboxylic acids is 2. The number of benzene rings is 2. The number of fused-ring (bicyclic) bond motifs is 2. The molecule has 6 nitrogen and oxygen atoms in total. The van der Waals surface area contributed by atoms with Crippen molar-refractivity contribution >= 4 is 61.0 Å². The Balaban J connectivity index is 1.37. The van der Waals surface area contributed by atoms with Crippen LogP contribution in [0.5, 0.6) is 0 Å². The third-order valence-corrected chi connectivity index (χ3v) is 6.40. The first-order valence-corrected chi connectivity index (χ1v) is 10.5. The number of amides is 2. The van der Waals surface area contributed by atoms with E-state index in [-0.39, 0.29) is 11.8 Å². The van der Waals surface area contributed by atoms with E-state index < -0.39 is 6.04 Å². The van der Waals surface area contributed by atoms with E-state index in [1.165, 1.54) is 11.3 Å². The van der Waals surface area contributed by atoms with Crippen molar-refractivity contribution in [2.45, 2.75) is 25.4 Å². The normalized spacial score (nSPS) is 16.8. The fourth-order valence-electron chi connectivity index (χ4n) is 3.79. The summed E-state index contributed by atoms with van der Waals surface area (Å²) in [6.45, 7) is 0.399. The topological polar surface area (TPSA) is 78.1 Å². The predicted molar refractivity (Wildman–Crippen MR) is 115 cm³/mol. The molecule has 4 aromatic rings. The van der Waals surface area contributed by atoms with Crippen LogP contribution in [0, 0.1) is 0 Å². The molecule has 1 aliphatic rings. The van der Waals surface area contributed by atoms with Crippen molar-refractivity contribution in [3.05, 3.63) is 59.2 Å². The molecule has 1 saturated heterocycles. The number of halogens is 1. The van der Waals surface area contributed by atoms with E-state index in [1.807, 2.05) is 42.6 Å².